The zero-order valence-corrected chi connectivity index (χ0v) is 11.9. The second-order valence-corrected chi connectivity index (χ2v) is 5.44. The van der Waals surface area contributed by atoms with E-state index in [1.54, 1.807) is 23.0 Å². The number of aromatic nitrogens is 2. The average Bonchev–Trinajstić information content (AvgIpc) is 3.07. The minimum absolute atomic E-state index is 0.224. The van der Waals surface area contributed by atoms with Crippen molar-refractivity contribution in [1.29, 1.82) is 0 Å². The number of rotatable bonds is 3. The van der Waals surface area contributed by atoms with Crippen LogP contribution in [-0.2, 0) is 0 Å². The van der Waals surface area contributed by atoms with E-state index in [2.05, 4.69) is 15.3 Å². The van der Waals surface area contributed by atoms with Crippen LogP contribution in [0.15, 0.2) is 33.5 Å². The molecule has 2 aromatic heterocycles. The van der Waals surface area contributed by atoms with Gasteiger partial charge in [-0.15, -0.1) is 11.3 Å². The van der Waals surface area contributed by atoms with E-state index in [1.165, 1.54) is 11.3 Å². The van der Waals surface area contributed by atoms with Crippen molar-refractivity contribution in [2.45, 2.75) is 19.8 Å². The molecule has 102 valence electrons. The minimum atomic E-state index is -0.224. The normalized spacial score (nSPS) is 11.2. The molecule has 0 fully saturated rings. The first kappa shape index (κ1) is 12.8. The number of carbonyl (C=O) groups excluding carboxylic acids is 1. The van der Waals surface area contributed by atoms with Gasteiger partial charge in [-0.25, -0.2) is 9.97 Å². The maximum atomic E-state index is 11.9. The first-order valence-electron chi connectivity index (χ1n) is 6.23. The molecular formula is C14H13N3O2S. The summed E-state index contributed by atoms with van der Waals surface area (Å²) < 4.78 is 5.63. The summed E-state index contributed by atoms with van der Waals surface area (Å²) in [6, 6.07) is 5.40. The molecule has 3 rings (SSSR count). The Morgan fingerprint density at radius 1 is 1.40 bits per heavy atom. The monoisotopic (exact) mass is 287 g/mol. The van der Waals surface area contributed by atoms with Crippen molar-refractivity contribution in [3.63, 3.8) is 0 Å². The molecule has 0 spiro atoms. The quantitative estimate of drug-likeness (QED) is 0.798. The Morgan fingerprint density at radius 3 is 2.95 bits per heavy atom. The van der Waals surface area contributed by atoms with E-state index in [1.807, 2.05) is 19.9 Å². The van der Waals surface area contributed by atoms with Crippen LogP contribution in [0.5, 0.6) is 0 Å². The SMILES string of the molecule is CC(C)c1nc2cc(NC(=O)c3cscn3)ccc2o1. The maximum Gasteiger partial charge on any atom is 0.275 e. The van der Waals surface area contributed by atoms with Crippen LogP contribution in [0.1, 0.15) is 36.1 Å². The molecule has 20 heavy (non-hydrogen) atoms. The molecule has 0 saturated carbocycles. The molecule has 3 aromatic rings. The first-order chi connectivity index (χ1) is 9.63. The van der Waals surface area contributed by atoms with Gasteiger partial charge in [-0.05, 0) is 18.2 Å². The molecular weight excluding hydrogens is 274 g/mol. The van der Waals surface area contributed by atoms with Crippen molar-refractivity contribution in [1.82, 2.24) is 9.97 Å². The van der Waals surface area contributed by atoms with Crippen molar-refractivity contribution < 1.29 is 9.21 Å². The highest BCUT2D eigenvalue weighted by atomic mass is 32.1. The fraction of sp³-hybridized carbons (Fsp3) is 0.214. The van der Waals surface area contributed by atoms with Crippen LogP contribution in [0.25, 0.3) is 11.1 Å². The first-order valence-corrected chi connectivity index (χ1v) is 7.18. The van der Waals surface area contributed by atoms with Gasteiger partial charge in [-0.1, -0.05) is 13.8 Å². The highest BCUT2D eigenvalue weighted by Gasteiger charge is 2.12. The van der Waals surface area contributed by atoms with Crippen LogP contribution in [0, 0.1) is 0 Å². The van der Waals surface area contributed by atoms with Gasteiger partial charge in [0.1, 0.15) is 11.2 Å². The van der Waals surface area contributed by atoms with Gasteiger partial charge in [0.25, 0.3) is 5.91 Å². The molecule has 0 aliphatic rings. The Balaban J connectivity index is 1.87. The summed E-state index contributed by atoms with van der Waals surface area (Å²) in [7, 11) is 0. The zero-order chi connectivity index (χ0) is 14.1. The van der Waals surface area contributed by atoms with Crippen molar-refractivity contribution >= 4 is 34.0 Å². The summed E-state index contributed by atoms with van der Waals surface area (Å²) in [6.45, 7) is 4.05. The molecule has 1 aromatic carbocycles. The maximum absolute atomic E-state index is 11.9. The molecule has 1 amide bonds. The Labute approximate surface area is 119 Å². The number of carbonyl (C=O) groups is 1. The molecule has 0 bridgehead atoms. The second kappa shape index (κ2) is 5.05. The Morgan fingerprint density at radius 2 is 2.25 bits per heavy atom. The Bertz CT molecular complexity index is 747. The third-order valence-corrected chi connectivity index (χ3v) is 3.41. The lowest BCUT2D eigenvalue weighted by Crippen LogP contribution is -2.11. The number of anilines is 1. The topological polar surface area (TPSA) is 68.0 Å². The highest BCUT2D eigenvalue weighted by molar-refractivity contribution is 7.07. The van der Waals surface area contributed by atoms with Crippen LogP contribution in [-0.4, -0.2) is 15.9 Å². The number of nitrogens with one attached hydrogen (secondary N) is 1. The third kappa shape index (κ3) is 2.42. The number of nitrogens with zero attached hydrogens (tertiary/aromatic N) is 2. The number of thiazole rings is 1. The van der Waals surface area contributed by atoms with Gasteiger partial charge >= 0.3 is 0 Å². The predicted molar refractivity (Wildman–Crippen MR) is 78.2 cm³/mol. The van der Waals surface area contributed by atoms with Gasteiger partial charge in [0.15, 0.2) is 11.5 Å². The van der Waals surface area contributed by atoms with Crippen molar-refractivity contribution in [3.05, 3.63) is 40.7 Å². The molecule has 0 saturated heterocycles. The number of amides is 1. The van der Waals surface area contributed by atoms with E-state index in [0.29, 0.717) is 17.3 Å². The molecule has 0 unspecified atom stereocenters. The number of fused-ring (bicyclic) bond motifs is 1. The van der Waals surface area contributed by atoms with Gasteiger partial charge in [0, 0.05) is 17.0 Å². The Hall–Kier alpha value is -2.21. The van der Waals surface area contributed by atoms with Gasteiger partial charge in [0.2, 0.25) is 0 Å². The molecule has 0 aliphatic carbocycles. The number of hydrogen-bond donors (Lipinski definition) is 1. The summed E-state index contributed by atoms with van der Waals surface area (Å²) in [5.74, 6) is 0.705. The lowest BCUT2D eigenvalue weighted by atomic mass is 10.2. The standard InChI is InChI=1S/C14H13N3O2S/c1-8(2)14-17-10-5-9(3-4-12(10)19-14)16-13(18)11-6-20-7-15-11/h3-8H,1-2H3,(H,16,18). The number of oxazole rings is 1. The summed E-state index contributed by atoms with van der Waals surface area (Å²) in [6.07, 6.45) is 0. The number of hydrogen-bond acceptors (Lipinski definition) is 5. The Kier molecular flexibility index (Phi) is 3.23. The lowest BCUT2D eigenvalue weighted by molar-refractivity contribution is 0.102. The van der Waals surface area contributed by atoms with Crippen LogP contribution in [0.2, 0.25) is 0 Å². The van der Waals surface area contributed by atoms with Gasteiger partial charge in [-0.3, -0.25) is 4.79 Å². The fourth-order valence-electron chi connectivity index (χ4n) is 1.79. The van der Waals surface area contributed by atoms with E-state index >= 15 is 0 Å². The van der Waals surface area contributed by atoms with Crippen molar-refractivity contribution in [2.24, 2.45) is 0 Å². The molecule has 6 heteroatoms. The summed E-state index contributed by atoms with van der Waals surface area (Å²) >= 11 is 1.39. The summed E-state index contributed by atoms with van der Waals surface area (Å²) in [5.41, 5.74) is 4.19. The summed E-state index contributed by atoms with van der Waals surface area (Å²) in [5, 5.41) is 4.51. The minimum Gasteiger partial charge on any atom is -0.440 e. The summed E-state index contributed by atoms with van der Waals surface area (Å²) in [4.78, 5) is 20.3. The molecule has 2 heterocycles. The zero-order valence-electron chi connectivity index (χ0n) is 11.1. The molecule has 5 nitrogen and oxygen atoms in total. The van der Waals surface area contributed by atoms with Crippen molar-refractivity contribution in [3.8, 4) is 0 Å². The molecule has 1 N–H and O–H groups in total. The van der Waals surface area contributed by atoms with Gasteiger partial charge in [-0.2, -0.15) is 0 Å². The fourth-order valence-corrected chi connectivity index (χ4v) is 2.32. The largest absolute Gasteiger partial charge is 0.440 e. The van der Waals surface area contributed by atoms with Crippen LogP contribution in [0.4, 0.5) is 5.69 Å². The van der Waals surface area contributed by atoms with Crippen LogP contribution in [0.3, 0.4) is 0 Å². The van der Waals surface area contributed by atoms with Crippen LogP contribution < -0.4 is 5.32 Å². The smallest absolute Gasteiger partial charge is 0.275 e. The van der Waals surface area contributed by atoms with E-state index in [9.17, 15) is 4.79 Å². The molecule has 0 atom stereocenters. The van der Waals surface area contributed by atoms with E-state index in [0.717, 1.165) is 11.1 Å². The number of benzene rings is 1. The van der Waals surface area contributed by atoms with Crippen molar-refractivity contribution in [2.75, 3.05) is 5.32 Å². The highest BCUT2D eigenvalue weighted by Crippen LogP contribution is 2.24. The average molecular weight is 287 g/mol. The van der Waals surface area contributed by atoms with E-state index in [4.69, 9.17) is 4.42 Å². The molecule has 0 aliphatic heterocycles. The lowest BCUT2D eigenvalue weighted by Gasteiger charge is -2.02. The van der Waals surface area contributed by atoms with Crippen LogP contribution >= 0.6 is 11.3 Å². The van der Waals surface area contributed by atoms with Gasteiger partial charge in [0.05, 0.1) is 5.51 Å². The van der Waals surface area contributed by atoms with E-state index < -0.39 is 0 Å². The van der Waals surface area contributed by atoms with Gasteiger partial charge < -0.3 is 9.73 Å². The second-order valence-electron chi connectivity index (χ2n) is 4.72. The predicted octanol–water partition coefficient (Wildman–Crippen LogP) is 3.66. The third-order valence-electron chi connectivity index (χ3n) is 2.82. The van der Waals surface area contributed by atoms with E-state index in [-0.39, 0.29) is 11.8 Å². The molecule has 0 radical (unpaired) electrons.